The van der Waals surface area contributed by atoms with Crippen molar-refractivity contribution in [1.29, 1.82) is 0 Å². The van der Waals surface area contributed by atoms with E-state index in [1.807, 2.05) is 30.3 Å². The first-order chi connectivity index (χ1) is 7.38. The van der Waals surface area contributed by atoms with Crippen LogP contribution >= 0.6 is 0 Å². The molecule has 0 saturated carbocycles. The van der Waals surface area contributed by atoms with Gasteiger partial charge in [0.1, 0.15) is 0 Å². The van der Waals surface area contributed by atoms with Gasteiger partial charge in [-0.3, -0.25) is 0 Å². The maximum absolute atomic E-state index is 9.24. The molecule has 1 aromatic rings. The van der Waals surface area contributed by atoms with Crippen LogP contribution in [0.4, 0.5) is 0 Å². The Balaban J connectivity index is 2.36. The number of hydrogen-bond acceptors (Lipinski definition) is 3. The van der Waals surface area contributed by atoms with Gasteiger partial charge in [0.2, 0.25) is 0 Å². The third-order valence-electron chi connectivity index (χ3n) is 2.30. The number of rotatable bonds is 7. The average molecular weight is 209 g/mol. The van der Waals surface area contributed by atoms with Gasteiger partial charge in [0.05, 0.1) is 12.6 Å². The van der Waals surface area contributed by atoms with Crippen LogP contribution in [0, 0.1) is 0 Å². The molecule has 0 aliphatic carbocycles. The molecule has 0 bridgehead atoms. The van der Waals surface area contributed by atoms with E-state index in [0.717, 1.165) is 25.1 Å². The van der Waals surface area contributed by atoms with Crippen molar-refractivity contribution in [1.82, 2.24) is 5.32 Å². The van der Waals surface area contributed by atoms with Crippen molar-refractivity contribution in [3.8, 4) is 0 Å². The first-order valence-electron chi connectivity index (χ1n) is 5.26. The van der Waals surface area contributed by atoms with E-state index in [4.69, 9.17) is 4.74 Å². The predicted molar refractivity (Wildman–Crippen MR) is 60.8 cm³/mol. The van der Waals surface area contributed by atoms with Gasteiger partial charge in [0.15, 0.2) is 0 Å². The molecule has 0 radical (unpaired) electrons. The van der Waals surface area contributed by atoms with Gasteiger partial charge >= 0.3 is 0 Å². The van der Waals surface area contributed by atoms with E-state index in [1.165, 1.54) is 0 Å². The van der Waals surface area contributed by atoms with E-state index >= 15 is 0 Å². The second-order valence-electron chi connectivity index (χ2n) is 3.45. The Morgan fingerprint density at radius 3 is 2.67 bits per heavy atom. The molecule has 3 nitrogen and oxygen atoms in total. The lowest BCUT2D eigenvalue weighted by molar-refractivity contribution is 0.188. The topological polar surface area (TPSA) is 41.5 Å². The van der Waals surface area contributed by atoms with Gasteiger partial charge in [-0.2, -0.15) is 0 Å². The molecule has 0 amide bonds. The van der Waals surface area contributed by atoms with Crippen LogP contribution in [-0.4, -0.2) is 32.0 Å². The third kappa shape index (κ3) is 4.42. The summed E-state index contributed by atoms with van der Waals surface area (Å²) in [6.07, 6.45) is 0.958. The van der Waals surface area contributed by atoms with Crippen molar-refractivity contribution in [3.05, 3.63) is 35.9 Å². The van der Waals surface area contributed by atoms with Crippen LogP contribution in [0.25, 0.3) is 0 Å². The zero-order valence-corrected chi connectivity index (χ0v) is 9.15. The fraction of sp³-hybridized carbons (Fsp3) is 0.500. The summed E-state index contributed by atoms with van der Waals surface area (Å²) in [7, 11) is 1.70. The summed E-state index contributed by atoms with van der Waals surface area (Å²) in [5, 5.41) is 12.5. The molecule has 0 heterocycles. The number of aliphatic hydroxyl groups is 1. The van der Waals surface area contributed by atoms with Crippen molar-refractivity contribution < 1.29 is 9.84 Å². The molecule has 0 aliphatic heterocycles. The Labute approximate surface area is 91.1 Å². The van der Waals surface area contributed by atoms with Gasteiger partial charge in [0.25, 0.3) is 0 Å². The number of hydrogen-bond donors (Lipinski definition) is 2. The van der Waals surface area contributed by atoms with E-state index in [9.17, 15) is 5.11 Å². The number of methoxy groups -OCH3 is 1. The Morgan fingerprint density at radius 2 is 2.07 bits per heavy atom. The van der Waals surface area contributed by atoms with Gasteiger partial charge in [-0.15, -0.1) is 0 Å². The summed E-state index contributed by atoms with van der Waals surface area (Å²) in [6.45, 7) is 1.73. The van der Waals surface area contributed by atoms with Crippen LogP contribution in [0.2, 0.25) is 0 Å². The van der Waals surface area contributed by atoms with Crippen LogP contribution < -0.4 is 5.32 Å². The highest BCUT2D eigenvalue weighted by molar-refractivity contribution is 5.18. The van der Waals surface area contributed by atoms with Crippen LogP contribution in [0.1, 0.15) is 18.0 Å². The molecule has 3 heteroatoms. The van der Waals surface area contributed by atoms with E-state index in [-0.39, 0.29) is 12.6 Å². The van der Waals surface area contributed by atoms with Gasteiger partial charge in [-0.05, 0) is 18.5 Å². The lowest BCUT2D eigenvalue weighted by Gasteiger charge is -2.16. The summed E-state index contributed by atoms with van der Waals surface area (Å²) >= 11 is 0. The predicted octanol–water partition coefficient (Wildman–Crippen LogP) is 1.35. The smallest absolute Gasteiger partial charge is 0.0626 e. The molecule has 1 unspecified atom stereocenters. The molecule has 0 aliphatic rings. The zero-order chi connectivity index (χ0) is 10.9. The Kier molecular flexibility index (Phi) is 6.00. The van der Waals surface area contributed by atoms with Crippen LogP contribution in [-0.2, 0) is 4.74 Å². The first-order valence-corrected chi connectivity index (χ1v) is 5.26. The molecule has 84 valence electrons. The molecule has 1 atom stereocenters. The van der Waals surface area contributed by atoms with E-state index < -0.39 is 0 Å². The molecule has 0 aromatic heterocycles. The molecule has 0 fully saturated rings. The maximum atomic E-state index is 9.24. The van der Waals surface area contributed by atoms with Crippen LogP contribution in [0.15, 0.2) is 30.3 Å². The average Bonchev–Trinajstić information content (AvgIpc) is 2.30. The number of ether oxygens (including phenoxy) is 1. The van der Waals surface area contributed by atoms with Gasteiger partial charge in [-0.1, -0.05) is 30.3 Å². The van der Waals surface area contributed by atoms with Gasteiger partial charge in [-0.25, -0.2) is 0 Å². The minimum atomic E-state index is 0.0306. The van der Waals surface area contributed by atoms with Crippen molar-refractivity contribution in [2.75, 3.05) is 26.9 Å². The molecular formula is C12H19NO2. The normalized spacial score (nSPS) is 12.7. The number of aliphatic hydroxyl groups excluding tert-OH is 1. The second-order valence-corrected chi connectivity index (χ2v) is 3.45. The molecule has 1 rings (SSSR count). The lowest BCUT2D eigenvalue weighted by atomic mass is 10.1. The van der Waals surface area contributed by atoms with Crippen molar-refractivity contribution in [2.45, 2.75) is 12.5 Å². The van der Waals surface area contributed by atoms with Gasteiger partial charge in [0, 0.05) is 13.7 Å². The summed E-state index contributed by atoms with van der Waals surface area (Å²) in [6, 6.07) is 10.0. The minimum Gasteiger partial charge on any atom is -0.394 e. The van der Waals surface area contributed by atoms with E-state index in [0.29, 0.717) is 0 Å². The van der Waals surface area contributed by atoms with Crippen LogP contribution in [0.5, 0.6) is 0 Å². The second kappa shape index (κ2) is 7.40. The highest BCUT2D eigenvalue weighted by Gasteiger charge is 2.07. The van der Waals surface area contributed by atoms with Crippen molar-refractivity contribution >= 4 is 0 Å². The molecule has 0 spiro atoms. The van der Waals surface area contributed by atoms with E-state index in [1.54, 1.807) is 7.11 Å². The van der Waals surface area contributed by atoms with Crippen LogP contribution in [0.3, 0.4) is 0 Å². The number of benzene rings is 1. The molecule has 1 aromatic carbocycles. The highest BCUT2D eigenvalue weighted by Crippen LogP contribution is 2.10. The minimum absolute atomic E-state index is 0.0306. The Morgan fingerprint density at radius 1 is 1.33 bits per heavy atom. The first kappa shape index (κ1) is 12.2. The summed E-state index contributed by atoms with van der Waals surface area (Å²) in [5.74, 6) is 0. The maximum Gasteiger partial charge on any atom is 0.0626 e. The summed E-state index contributed by atoms with van der Waals surface area (Å²) < 4.78 is 4.96. The molecule has 2 N–H and O–H groups in total. The highest BCUT2D eigenvalue weighted by atomic mass is 16.5. The summed E-state index contributed by atoms with van der Waals surface area (Å²) in [4.78, 5) is 0. The Hall–Kier alpha value is -0.900. The van der Waals surface area contributed by atoms with Crippen molar-refractivity contribution in [2.24, 2.45) is 0 Å². The zero-order valence-electron chi connectivity index (χ0n) is 9.15. The van der Waals surface area contributed by atoms with E-state index in [2.05, 4.69) is 5.32 Å². The van der Waals surface area contributed by atoms with Gasteiger partial charge < -0.3 is 15.2 Å². The van der Waals surface area contributed by atoms with Crippen molar-refractivity contribution in [3.63, 3.8) is 0 Å². The molecular weight excluding hydrogens is 190 g/mol. The standard InChI is InChI=1S/C12H19NO2/c1-15-9-5-8-13-12(10-14)11-6-3-2-4-7-11/h2-4,6-7,12-14H,5,8-10H2,1H3. The monoisotopic (exact) mass is 209 g/mol. The lowest BCUT2D eigenvalue weighted by Crippen LogP contribution is -2.26. The molecule has 15 heavy (non-hydrogen) atoms. The largest absolute Gasteiger partial charge is 0.394 e. The molecule has 0 saturated heterocycles. The third-order valence-corrected chi connectivity index (χ3v) is 2.30. The quantitative estimate of drug-likeness (QED) is 0.666. The number of nitrogens with one attached hydrogen (secondary N) is 1. The Bertz CT molecular complexity index is 251. The SMILES string of the molecule is COCCCNC(CO)c1ccccc1. The fourth-order valence-corrected chi connectivity index (χ4v) is 1.47. The fourth-order valence-electron chi connectivity index (χ4n) is 1.47. The summed E-state index contributed by atoms with van der Waals surface area (Å²) in [5.41, 5.74) is 1.12.